The molecule has 1 aliphatic rings. The van der Waals surface area contributed by atoms with Crippen molar-refractivity contribution in [1.82, 2.24) is 0 Å². The lowest BCUT2D eigenvalue weighted by molar-refractivity contribution is 0.102. The van der Waals surface area contributed by atoms with Crippen LogP contribution in [0.2, 0.25) is 0 Å². The van der Waals surface area contributed by atoms with Crippen molar-refractivity contribution >= 4 is 27.5 Å². The monoisotopic (exact) mass is 449 g/mol. The minimum atomic E-state index is -0.283. The van der Waals surface area contributed by atoms with Gasteiger partial charge in [0.05, 0.1) is 30.5 Å². The number of methoxy groups -OCH3 is 1. The van der Waals surface area contributed by atoms with E-state index in [2.05, 4.69) is 21.2 Å². The number of fused-ring (bicyclic) bond motifs is 1. The number of carbonyl (C=O) groups is 1. The molecule has 0 radical (unpaired) electrons. The van der Waals surface area contributed by atoms with Gasteiger partial charge in [-0.1, -0.05) is 0 Å². The van der Waals surface area contributed by atoms with Gasteiger partial charge in [0, 0.05) is 23.6 Å². The number of halogens is 1. The van der Waals surface area contributed by atoms with Gasteiger partial charge in [-0.25, -0.2) is 0 Å². The van der Waals surface area contributed by atoms with Gasteiger partial charge in [0.25, 0.3) is 5.91 Å². The van der Waals surface area contributed by atoms with Crippen LogP contribution >= 0.6 is 15.9 Å². The van der Waals surface area contributed by atoms with Crippen molar-refractivity contribution in [3.05, 3.63) is 39.9 Å². The van der Waals surface area contributed by atoms with Crippen LogP contribution in [0, 0.1) is 0 Å². The minimum Gasteiger partial charge on any atom is -0.493 e. The maximum Gasteiger partial charge on any atom is 0.255 e. The van der Waals surface area contributed by atoms with E-state index in [4.69, 9.17) is 18.9 Å². The number of rotatable bonds is 7. The number of carbonyl (C=O) groups excluding carboxylic acids is 1. The van der Waals surface area contributed by atoms with Gasteiger partial charge in [-0.2, -0.15) is 0 Å². The van der Waals surface area contributed by atoms with Crippen molar-refractivity contribution in [2.75, 3.05) is 25.6 Å². The lowest BCUT2D eigenvalue weighted by Gasteiger charge is -2.15. The summed E-state index contributed by atoms with van der Waals surface area (Å²) < 4.78 is 23.2. The second-order valence-electron chi connectivity index (χ2n) is 6.40. The highest BCUT2D eigenvalue weighted by Gasteiger charge is 2.23. The lowest BCUT2D eigenvalue weighted by Crippen LogP contribution is -2.14. The summed E-state index contributed by atoms with van der Waals surface area (Å²) in [6.45, 7) is 6.81. The Kier molecular flexibility index (Phi) is 6.34. The van der Waals surface area contributed by atoms with Crippen LogP contribution in [0.3, 0.4) is 0 Å². The van der Waals surface area contributed by atoms with Crippen LogP contribution in [0.1, 0.15) is 36.7 Å². The molecule has 7 heteroatoms. The largest absolute Gasteiger partial charge is 0.493 e. The first-order chi connectivity index (χ1) is 13.5. The number of hydrogen-bond donors (Lipinski definition) is 1. The van der Waals surface area contributed by atoms with E-state index >= 15 is 0 Å². The zero-order valence-electron chi connectivity index (χ0n) is 16.4. The minimum absolute atomic E-state index is 0.113. The van der Waals surface area contributed by atoms with Gasteiger partial charge in [-0.3, -0.25) is 4.79 Å². The molecule has 1 heterocycles. The Morgan fingerprint density at radius 3 is 2.61 bits per heavy atom. The quantitative estimate of drug-likeness (QED) is 0.655. The average molecular weight is 450 g/mol. The number of benzene rings is 2. The zero-order chi connectivity index (χ0) is 20.3. The van der Waals surface area contributed by atoms with Gasteiger partial charge in [0.2, 0.25) is 0 Å². The lowest BCUT2D eigenvalue weighted by atomic mass is 10.1. The van der Waals surface area contributed by atoms with Gasteiger partial charge in [0.15, 0.2) is 11.5 Å². The molecule has 2 aromatic rings. The Bertz CT molecular complexity index is 884. The molecule has 0 spiro atoms. The molecule has 0 aliphatic carbocycles. The van der Waals surface area contributed by atoms with E-state index in [1.807, 2.05) is 32.9 Å². The van der Waals surface area contributed by atoms with Gasteiger partial charge >= 0.3 is 0 Å². The summed E-state index contributed by atoms with van der Waals surface area (Å²) in [7, 11) is 1.54. The Morgan fingerprint density at radius 2 is 1.93 bits per heavy atom. The van der Waals surface area contributed by atoms with Crippen LogP contribution in [0.4, 0.5) is 5.69 Å². The number of nitrogens with one attached hydrogen (secondary N) is 1. The van der Waals surface area contributed by atoms with Gasteiger partial charge in [-0.05, 0) is 54.9 Å². The first-order valence-electron chi connectivity index (χ1n) is 9.24. The second-order valence-corrected chi connectivity index (χ2v) is 7.25. The number of amides is 1. The van der Waals surface area contributed by atoms with Crippen LogP contribution in [0.25, 0.3) is 0 Å². The molecule has 28 heavy (non-hydrogen) atoms. The normalized spacial score (nSPS) is 14.8. The molecule has 0 unspecified atom stereocenters. The molecular weight excluding hydrogens is 426 g/mol. The van der Waals surface area contributed by atoms with Crippen LogP contribution in [0.15, 0.2) is 28.7 Å². The van der Waals surface area contributed by atoms with Gasteiger partial charge < -0.3 is 24.3 Å². The first-order valence-corrected chi connectivity index (χ1v) is 10.0. The highest BCUT2D eigenvalue weighted by atomic mass is 79.9. The van der Waals surface area contributed by atoms with E-state index in [9.17, 15) is 4.79 Å². The second kappa shape index (κ2) is 8.73. The Balaban J connectivity index is 1.91. The summed E-state index contributed by atoms with van der Waals surface area (Å²) in [5.74, 6) is 2.17. The summed E-state index contributed by atoms with van der Waals surface area (Å²) in [6.07, 6.45) is 0.939. The molecule has 0 fully saturated rings. The molecule has 6 nitrogen and oxygen atoms in total. The van der Waals surface area contributed by atoms with Crippen molar-refractivity contribution in [2.45, 2.75) is 33.3 Å². The molecule has 1 N–H and O–H groups in total. The summed E-state index contributed by atoms with van der Waals surface area (Å²) in [5, 5.41) is 2.93. The third-order valence-corrected chi connectivity index (χ3v) is 4.92. The molecule has 0 aromatic heterocycles. The molecule has 0 saturated heterocycles. The van der Waals surface area contributed by atoms with Crippen LogP contribution in [-0.2, 0) is 6.42 Å². The third-order valence-electron chi connectivity index (χ3n) is 4.33. The van der Waals surface area contributed by atoms with E-state index < -0.39 is 0 Å². The fourth-order valence-electron chi connectivity index (χ4n) is 3.14. The van der Waals surface area contributed by atoms with E-state index in [0.29, 0.717) is 46.2 Å². The fourth-order valence-corrected chi connectivity index (χ4v) is 3.70. The Labute approximate surface area is 173 Å². The molecule has 1 amide bonds. The first kappa shape index (κ1) is 20.3. The molecule has 0 bridgehead atoms. The highest BCUT2D eigenvalue weighted by Crippen LogP contribution is 2.39. The van der Waals surface area contributed by atoms with Crippen LogP contribution < -0.4 is 24.3 Å². The summed E-state index contributed by atoms with van der Waals surface area (Å²) in [4.78, 5) is 12.9. The van der Waals surface area contributed by atoms with Crippen molar-refractivity contribution in [3.63, 3.8) is 0 Å². The topological polar surface area (TPSA) is 66.0 Å². The Morgan fingerprint density at radius 1 is 1.18 bits per heavy atom. The average Bonchev–Trinajstić information content (AvgIpc) is 3.02. The predicted molar refractivity (Wildman–Crippen MR) is 111 cm³/mol. The Hall–Kier alpha value is -2.41. The maximum atomic E-state index is 12.9. The van der Waals surface area contributed by atoms with E-state index in [-0.39, 0.29) is 12.0 Å². The van der Waals surface area contributed by atoms with Crippen LogP contribution in [-0.4, -0.2) is 32.3 Å². The smallest absolute Gasteiger partial charge is 0.255 e. The third kappa shape index (κ3) is 4.19. The molecule has 2 aromatic carbocycles. The zero-order valence-corrected chi connectivity index (χ0v) is 18.0. The van der Waals surface area contributed by atoms with E-state index in [1.165, 1.54) is 7.11 Å². The molecule has 150 valence electrons. The molecule has 1 aliphatic heterocycles. The van der Waals surface area contributed by atoms with Gasteiger partial charge in [0.1, 0.15) is 17.6 Å². The SMILES string of the molecule is CCOc1cc2c(cc1NC(=O)c1cc(Br)c(OCC)c(OC)c1)O[C@H](C)C2. The molecular formula is C21H24BrNO5. The highest BCUT2D eigenvalue weighted by molar-refractivity contribution is 9.10. The van der Waals surface area contributed by atoms with E-state index in [0.717, 1.165) is 17.7 Å². The molecule has 3 rings (SSSR count). The molecule has 0 saturated carbocycles. The predicted octanol–water partition coefficient (Wildman–Crippen LogP) is 4.83. The molecule has 1 atom stereocenters. The summed E-state index contributed by atoms with van der Waals surface area (Å²) in [5.41, 5.74) is 2.09. The van der Waals surface area contributed by atoms with Crippen molar-refractivity contribution in [3.8, 4) is 23.0 Å². The van der Waals surface area contributed by atoms with E-state index in [1.54, 1.807) is 12.1 Å². The number of anilines is 1. The summed E-state index contributed by atoms with van der Waals surface area (Å²) >= 11 is 3.45. The van der Waals surface area contributed by atoms with Gasteiger partial charge in [-0.15, -0.1) is 0 Å². The van der Waals surface area contributed by atoms with Crippen molar-refractivity contribution < 1.29 is 23.7 Å². The van der Waals surface area contributed by atoms with Crippen molar-refractivity contribution in [2.24, 2.45) is 0 Å². The number of ether oxygens (including phenoxy) is 4. The van der Waals surface area contributed by atoms with Crippen LogP contribution in [0.5, 0.6) is 23.0 Å². The maximum absolute atomic E-state index is 12.9. The van der Waals surface area contributed by atoms with Crippen molar-refractivity contribution in [1.29, 1.82) is 0 Å². The summed E-state index contributed by atoms with van der Waals surface area (Å²) in [6, 6.07) is 7.11. The number of hydrogen-bond acceptors (Lipinski definition) is 5. The fraction of sp³-hybridized carbons (Fsp3) is 0.381. The standard InChI is InChI=1S/C21H24BrNO5/c1-5-26-18-9-13-7-12(3)28-17(13)11-16(18)23-21(24)14-8-15(22)20(27-6-2)19(10-14)25-4/h8-12H,5-7H2,1-4H3,(H,23,24)/t12-/m1/s1.